The summed E-state index contributed by atoms with van der Waals surface area (Å²) < 4.78 is 2.11. The second-order valence-electron chi connectivity index (χ2n) is 9.22. The van der Waals surface area contributed by atoms with Crippen LogP contribution in [-0.2, 0) is 5.41 Å². The van der Waals surface area contributed by atoms with Gasteiger partial charge in [0.15, 0.2) is 5.43 Å². The molecule has 5 rings (SSSR count). The molecule has 0 fully saturated rings. The topological polar surface area (TPSA) is 17.1 Å². The molecule has 0 amide bonds. The lowest BCUT2D eigenvalue weighted by molar-refractivity contribution is 0.591. The lowest BCUT2D eigenvalue weighted by Gasteiger charge is -2.19. The molecule has 0 radical (unpaired) electrons. The summed E-state index contributed by atoms with van der Waals surface area (Å²) in [6.45, 7) is 10.9. The Bertz CT molecular complexity index is 1510. The van der Waals surface area contributed by atoms with Gasteiger partial charge in [0.1, 0.15) is 0 Å². The fraction of sp³-hybridized carbons (Fsp3) is 0.222. The minimum absolute atomic E-state index is 0.0263. The molecule has 4 aromatic carbocycles. The molecule has 0 spiro atoms. The summed E-state index contributed by atoms with van der Waals surface area (Å²) in [6, 6.07) is 19.6. The Morgan fingerprint density at radius 3 is 1.83 bits per heavy atom. The zero-order valence-electron chi connectivity index (χ0n) is 17.5. The smallest absolute Gasteiger partial charge is 0.195 e. The highest BCUT2D eigenvalue weighted by molar-refractivity contribution is 7.24. The van der Waals surface area contributed by atoms with Crippen molar-refractivity contribution in [2.75, 3.05) is 0 Å². The van der Waals surface area contributed by atoms with Crippen molar-refractivity contribution in [3.63, 3.8) is 0 Å². The van der Waals surface area contributed by atoms with Gasteiger partial charge in [-0.1, -0.05) is 39.0 Å². The van der Waals surface area contributed by atoms with Crippen LogP contribution in [0.15, 0.2) is 59.4 Å². The monoisotopic (exact) mass is 396 g/mol. The second-order valence-corrected chi connectivity index (χ2v) is 10.3. The minimum atomic E-state index is 0.0263. The van der Waals surface area contributed by atoms with Gasteiger partial charge in [0.2, 0.25) is 0 Å². The van der Waals surface area contributed by atoms with Crippen molar-refractivity contribution in [1.29, 1.82) is 0 Å². The number of hydrogen-bond acceptors (Lipinski definition) is 2. The Balaban J connectivity index is 1.86. The molecule has 0 N–H and O–H groups in total. The second kappa shape index (κ2) is 6.14. The van der Waals surface area contributed by atoms with E-state index in [4.69, 9.17) is 0 Å². The van der Waals surface area contributed by atoms with E-state index in [1.54, 1.807) is 11.3 Å². The van der Waals surface area contributed by atoms with Gasteiger partial charge in [-0.05, 0) is 93.9 Å². The van der Waals surface area contributed by atoms with E-state index in [1.807, 2.05) is 0 Å². The first-order valence-corrected chi connectivity index (χ1v) is 10.9. The van der Waals surface area contributed by atoms with Crippen LogP contribution in [0.5, 0.6) is 0 Å². The molecule has 144 valence electrons. The van der Waals surface area contributed by atoms with Crippen LogP contribution in [-0.4, -0.2) is 0 Å². The summed E-state index contributed by atoms with van der Waals surface area (Å²) in [5, 5.41) is 6.46. The summed E-state index contributed by atoms with van der Waals surface area (Å²) >= 11 is 1.71. The Kier molecular flexibility index (Phi) is 3.88. The summed E-state index contributed by atoms with van der Waals surface area (Å²) in [5.41, 5.74) is 3.97. The molecule has 1 nitrogen and oxygen atoms in total. The Morgan fingerprint density at radius 2 is 1.21 bits per heavy atom. The molecule has 0 unspecified atom stereocenters. The number of aryl methyl sites for hydroxylation is 2. The zero-order valence-corrected chi connectivity index (χ0v) is 18.3. The molecule has 0 aliphatic carbocycles. The first-order chi connectivity index (χ1) is 13.7. The van der Waals surface area contributed by atoms with Crippen molar-refractivity contribution in [2.24, 2.45) is 0 Å². The van der Waals surface area contributed by atoms with Gasteiger partial charge in [-0.25, -0.2) is 0 Å². The summed E-state index contributed by atoms with van der Waals surface area (Å²) in [6.07, 6.45) is 0. The Hall–Kier alpha value is -2.71. The fourth-order valence-corrected chi connectivity index (χ4v) is 5.18. The first kappa shape index (κ1) is 18.3. The maximum Gasteiger partial charge on any atom is 0.195 e. The normalized spacial score (nSPS) is 12.4. The molecule has 0 bridgehead atoms. The average molecular weight is 397 g/mol. The maximum atomic E-state index is 13.4. The molecular weight excluding hydrogens is 372 g/mol. The van der Waals surface area contributed by atoms with Crippen LogP contribution in [0.25, 0.3) is 41.7 Å². The largest absolute Gasteiger partial charge is 0.289 e. The van der Waals surface area contributed by atoms with Gasteiger partial charge in [0.05, 0.1) is 0 Å². The molecule has 0 saturated heterocycles. The van der Waals surface area contributed by atoms with E-state index in [1.165, 1.54) is 32.8 Å². The van der Waals surface area contributed by atoms with Crippen molar-refractivity contribution in [3.8, 4) is 0 Å². The first-order valence-electron chi connectivity index (χ1n) is 10.1. The van der Waals surface area contributed by atoms with E-state index in [9.17, 15) is 4.79 Å². The van der Waals surface area contributed by atoms with E-state index >= 15 is 0 Å². The van der Waals surface area contributed by atoms with Crippen LogP contribution in [0.2, 0.25) is 0 Å². The van der Waals surface area contributed by atoms with Gasteiger partial charge >= 0.3 is 0 Å². The van der Waals surface area contributed by atoms with Gasteiger partial charge in [-0.3, -0.25) is 4.79 Å². The van der Waals surface area contributed by atoms with Gasteiger partial charge in [0, 0.05) is 20.2 Å². The number of rotatable bonds is 0. The quantitative estimate of drug-likeness (QED) is 0.246. The Labute approximate surface area is 174 Å². The van der Waals surface area contributed by atoms with Gasteiger partial charge in [0.25, 0.3) is 0 Å². The standard InChI is InChI=1S/C27H24OS/c1-15-8-17-10-19-12-22-25(13-20(19)11-18(17)9-16(15)2)29-24-7-6-21(27(3,4)5)14-23(24)26(22)28/h6-14H,1-5H3. The van der Waals surface area contributed by atoms with Crippen LogP contribution in [0, 0.1) is 13.8 Å². The molecule has 1 heterocycles. The molecule has 5 aromatic rings. The number of hydrogen-bond donors (Lipinski definition) is 0. The summed E-state index contributed by atoms with van der Waals surface area (Å²) in [4.78, 5) is 13.4. The highest BCUT2D eigenvalue weighted by Gasteiger charge is 2.16. The highest BCUT2D eigenvalue weighted by Crippen LogP contribution is 2.33. The lowest BCUT2D eigenvalue weighted by Crippen LogP contribution is -2.12. The number of fused-ring (bicyclic) bond motifs is 4. The van der Waals surface area contributed by atoms with Crippen LogP contribution >= 0.6 is 11.3 Å². The van der Waals surface area contributed by atoms with E-state index in [0.717, 1.165) is 25.6 Å². The van der Waals surface area contributed by atoms with Gasteiger partial charge in [-0.2, -0.15) is 0 Å². The van der Waals surface area contributed by atoms with Crippen molar-refractivity contribution >= 4 is 53.1 Å². The fourth-order valence-electron chi connectivity index (χ4n) is 4.10. The van der Waals surface area contributed by atoms with Crippen LogP contribution < -0.4 is 5.43 Å². The molecule has 0 aliphatic heterocycles. The third kappa shape index (κ3) is 2.94. The van der Waals surface area contributed by atoms with E-state index in [2.05, 4.69) is 89.2 Å². The third-order valence-electron chi connectivity index (χ3n) is 6.06. The van der Waals surface area contributed by atoms with Crippen molar-refractivity contribution in [2.45, 2.75) is 40.0 Å². The summed E-state index contributed by atoms with van der Waals surface area (Å²) in [5.74, 6) is 0. The number of benzene rings is 4. The average Bonchev–Trinajstić information content (AvgIpc) is 2.66. The predicted molar refractivity (Wildman–Crippen MR) is 129 cm³/mol. The lowest BCUT2D eigenvalue weighted by atomic mass is 9.86. The van der Waals surface area contributed by atoms with Crippen LogP contribution in [0.3, 0.4) is 0 Å². The maximum absolute atomic E-state index is 13.4. The van der Waals surface area contributed by atoms with Crippen LogP contribution in [0.4, 0.5) is 0 Å². The minimum Gasteiger partial charge on any atom is -0.289 e. The van der Waals surface area contributed by atoms with Crippen molar-refractivity contribution < 1.29 is 0 Å². The van der Waals surface area contributed by atoms with Crippen LogP contribution in [0.1, 0.15) is 37.5 Å². The van der Waals surface area contributed by atoms with E-state index in [0.29, 0.717) is 0 Å². The third-order valence-corrected chi connectivity index (χ3v) is 7.19. The molecule has 1 aromatic heterocycles. The SMILES string of the molecule is Cc1cc2cc3cc4sc5ccc(C(C)(C)C)cc5c(=O)c4cc3cc2cc1C. The van der Waals surface area contributed by atoms with Gasteiger partial charge in [-0.15, -0.1) is 11.3 Å². The molecule has 2 heteroatoms. The zero-order chi connectivity index (χ0) is 20.5. The molecule has 0 aliphatic rings. The molecule has 0 atom stereocenters. The summed E-state index contributed by atoms with van der Waals surface area (Å²) in [7, 11) is 0. The van der Waals surface area contributed by atoms with E-state index < -0.39 is 0 Å². The van der Waals surface area contributed by atoms with E-state index in [-0.39, 0.29) is 10.8 Å². The molecule has 29 heavy (non-hydrogen) atoms. The highest BCUT2D eigenvalue weighted by atomic mass is 32.1. The van der Waals surface area contributed by atoms with Crippen molar-refractivity contribution in [3.05, 3.63) is 81.5 Å². The molecule has 0 saturated carbocycles. The van der Waals surface area contributed by atoms with Crippen molar-refractivity contribution in [1.82, 2.24) is 0 Å². The molecular formula is C27H24OS. The predicted octanol–water partition coefficient (Wildman–Crippen LogP) is 7.64. The Morgan fingerprint density at radius 1 is 0.655 bits per heavy atom. The van der Waals surface area contributed by atoms with Gasteiger partial charge < -0.3 is 0 Å².